The Kier molecular flexibility index (Phi) is 14.5. The summed E-state index contributed by atoms with van der Waals surface area (Å²) in [5, 5.41) is 2.10. The lowest BCUT2D eigenvalue weighted by Gasteiger charge is -2.00. The van der Waals surface area contributed by atoms with Crippen molar-refractivity contribution >= 4 is 5.69 Å². The molecule has 1 aromatic rings. The zero-order valence-electron chi connectivity index (χ0n) is 15.7. The van der Waals surface area contributed by atoms with Gasteiger partial charge in [0.05, 0.1) is 12.4 Å². The molecule has 0 bridgehead atoms. The molecule has 25 heavy (non-hydrogen) atoms. The molecule has 2 heteroatoms. The van der Waals surface area contributed by atoms with Crippen molar-refractivity contribution in [3.05, 3.63) is 115 Å². The van der Waals surface area contributed by atoms with Crippen molar-refractivity contribution in [1.29, 1.82) is 0 Å². The topological polar surface area (TPSA) is 44.2 Å². The van der Waals surface area contributed by atoms with Crippen LogP contribution in [0.1, 0.15) is 20.8 Å². The quantitative estimate of drug-likeness (QED) is 0.549. The second-order valence-corrected chi connectivity index (χ2v) is 4.97. The van der Waals surface area contributed by atoms with Gasteiger partial charge in [-0.05, 0) is 56.2 Å². The number of rotatable bonds is 7. The maximum absolute atomic E-state index is 3.81. The minimum absolute atomic E-state index is 1.16. The zero-order valence-corrected chi connectivity index (χ0v) is 15.7. The Morgan fingerprint density at radius 3 is 2.08 bits per heavy atom. The zero-order chi connectivity index (χ0) is 18.8. The molecule has 0 saturated heterocycles. The number of nitrogens with two attached hydrogens (primary N) is 1. The van der Waals surface area contributed by atoms with Crippen LogP contribution < -0.4 is 11.1 Å². The number of benzene rings is 1. The van der Waals surface area contributed by atoms with Crippen LogP contribution >= 0.6 is 0 Å². The first-order valence-electron chi connectivity index (χ1n) is 8.49. The first kappa shape index (κ1) is 22.3. The Balaban J connectivity index is 0.000000609. The molecule has 0 aliphatic rings. The summed E-state index contributed by atoms with van der Waals surface area (Å²) in [6.07, 6.45) is 21.7. The lowest BCUT2D eigenvalue weighted by molar-refractivity contribution is -0.496. The molecule has 0 heterocycles. The molecular weight excluding hydrogens is 304 g/mol. The van der Waals surface area contributed by atoms with Gasteiger partial charge in [0.1, 0.15) is 5.69 Å². The summed E-state index contributed by atoms with van der Waals surface area (Å²) in [6.45, 7) is 9.86. The molecule has 0 aliphatic carbocycles. The van der Waals surface area contributed by atoms with E-state index < -0.39 is 0 Å². The third-order valence-electron chi connectivity index (χ3n) is 3.20. The largest absolute Gasteiger partial charge is 0.331 e. The van der Waals surface area contributed by atoms with Gasteiger partial charge >= 0.3 is 0 Å². The van der Waals surface area contributed by atoms with Gasteiger partial charge in [-0.15, -0.1) is 0 Å². The third-order valence-corrected chi connectivity index (χ3v) is 3.20. The summed E-state index contributed by atoms with van der Waals surface area (Å²) in [4.78, 5) is 0. The van der Waals surface area contributed by atoms with Crippen molar-refractivity contribution in [1.82, 2.24) is 0 Å². The van der Waals surface area contributed by atoms with E-state index in [1.807, 2.05) is 75.4 Å². The molecule has 0 spiro atoms. The Bertz CT molecular complexity index is 628. The van der Waals surface area contributed by atoms with Crippen molar-refractivity contribution in [2.24, 2.45) is 0 Å². The fourth-order valence-corrected chi connectivity index (χ4v) is 1.91. The summed E-state index contributed by atoms with van der Waals surface area (Å²) in [5.74, 6) is 0. The lowest BCUT2D eigenvalue weighted by atomic mass is 10.1. The number of hydrogen-bond donors (Lipinski definition) is 2. The first-order chi connectivity index (χ1) is 12.2. The molecule has 1 aromatic carbocycles. The van der Waals surface area contributed by atoms with Crippen LogP contribution in [-0.4, -0.2) is 0 Å². The van der Waals surface area contributed by atoms with Gasteiger partial charge in [-0.1, -0.05) is 67.3 Å². The van der Waals surface area contributed by atoms with Crippen molar-refractivity contribution < 1.29 is 11.1 Å². The van der Waals surface area contributed by atoms with Crippen molar-refractivity contribution in [3.63, 3.8) is 0 Å². The molecule has 0 amide bonds. The van der Waals surface area contributed by atoms with E-state index in [4.69, 9.17) is 0 Å². The van der Waals surface area contributed by atoms with Gasteiger partial charge in [-0.3, -0.25) is 5.32 Å². The highest BCUT2D eigenvalue weighted by Crippen LogP contribution is 2.11. The summed E-state index contributed by atoms with van der Waals surface area (Å²) < 4.78 is 0. The monoisotopic (exact) mass is 336 g/mol. The Morgan fingerprint density at radius 2 is 1.56 bits per heavy atom. The van der Waals surface area contributed by atoms with Crippen molar-refractivity contribution in [2.45, 2.75) is 20.8 Å². The van der Waals surface area contributed by atoms with Crippen LogP contribution in [0.25, 0.3) is 0 Å². The highest BCUT2D eigenvalue weighted by Gasteiger charge is 1.96. The standard InChI is InChI=1S/C16H19N.C7H11N/c1-4-14(5-2)15(6-3)12-13-17-16-10-8-7-9-11-16;1-2-3-4-5-6-7-8/h4-13,17H,1H2,2-3H3;2-7H,8H2,1H3/p+2/b13-12-,14-5+,15-6+;3-2-,5-4-,7-6+. The van der Waals surface area contributed by atoms with E-state index in [9.17, 15) is 0 Å². The SMILES string of the molecule is C=CC(=C\C)/C(/C=C\[NH2+]c1ccccc1)=C/C.C\C=C/C=C\C=C\[NH3+]. The molecule has 0 radical (unpaired) electrons. The molecule has 0 aromatic heterocycles. The number of hydrogen-bond acceptors (Lipinski definition) is 0. The van der Waals surface area contributed by atoms with Gasteiger partial charge in [0.2, 0.25) is 0 Å². The highest BCUT2D eigenvalue weighted by atomic mass is 14.8. The van der Waals surface area contributed by atoms with Crippen LogP contribution in [-0.2, 0) is 0 Å². The second kappa shape index (κ2) is 16.2. The average Bonchev–Trinajstić information content (AvgIpc) is 2.66. The van der Waals surface area contributed by atoms with Gasteiger partial charge in [-0.2, -0.15) is 0 Å². The van der Waals surface area contributed by atoms with Crippen LogP contribution in [0.5, 0.6) is 0 Å². The molecule has 5 N–H and O–H groups in total. The van der Waals surface area contributed by atoms with Gasteiger partial charge in [0.15, 0.2) is 0 Å². The van der Waals surface area contributed by atoms with E-state index in [1.165, 1.54) is 11.3 Å². The van der Waals surface area contributed by atoms with E-state index in [0.29, 0.717) is 0 Å². The van der Waals surface area contributed by atoms with E-state index in [2.05, 4.69) is 54.2 Å². The maximum atomic E-state index is 3.81. The Morgan fingerprint density at radius 1 is 0.920 bits per heavy atom. The molecule has 2 nitrogen and oxygen atoms in total. The Labute approximate surface area is 153 Å². The van der Waals surface area contributed by atoms with E-state index in [1.54, 1.807) is 6.20 Å². The Hall–Kier alpha value is -2.68. The van der Waals surface area contributed by atoms with Crippen LogP contribution in [0, 0.1) is 0 Å². The van der Waals surface area contributed by atoms with E-state index in [-0.39, 0.29) is 0 Å². The molecule has 132 valence electrons. The van der Waals surface area contributed by atoms with E-state index in [0.717, 1.165) is 5.57 Å². The van der Waals surface area contributed by atoms with Gasteiger partial charge in [0.25, 0.3) is 0 Å². The molecule has 0 aliphatic heterocycles. The normalized spacial score (nSPS) is 13.0. The maximum Gasteiger partial charge on any atom is 0.134 e. The highest BCUT2D eigenvalue weighted by molar-refractivity contribution is 5.44. The average molecular weight is 337 g/mol. The molecule has 0 saturated carbocycles. The smallest absolute Gasteiger partial charge is 0.134 e. The summed E-state index contributed by atoms with van der Waals surface area (Å²) >= 11 is 0. The fraction of sp³-hybridized carbons (Fsp3) is 0.130. The minimum atomic E-state index is 1.16. The van der Waals surface area contributed by atoms with Crippen molar-refractivity contribution in [2.75, 3.05) is 0 Å². The number of quaternary nitrogens is 2. The minimum Gasteiger partial charge on any atom is -0.331 e. The lowest BCUT2D eigenvalue weighted by Crippen LogP contribution is -2.70. The predicted molar refractivity (Wildman–Crippen MR) is 111 cm³/mol. The summed E-state index contributed by atoms with van der Waals surface area (Å²) in [7, 11) is 0. The molecular formula is C23H32N2+2. The van der Waals surface area contributed by atoms with Crippen molar-refractivity contribution in [3.8, 4) is 0 Å². The molecule has 0 atom stereocenters. The van der Waals surface area contributed by atoms with Gasteiger partial charge in [-0.25, -0.2) is 0 Å². The number of para-hydroxylation sites is 1. The molecule has 1 rings (SSSR count). The summed E-state index contributed by atoms with van der Waals surface area (Å²) in [6, 6.07) is 10.3. The van der Waals surface area contributed by atoms with Gasteiger partial charge in [0, 0.05) is 0 Å². The van der Waals surface area contributed by atoms with Crippen LogP contribution in [0.15, 0.2) is 115 Å². The van der Waals surface area contributed by atoms with Crippen LogP contribution in [0.2, 0.25) is 0 Å². The van der Waals surface area contributed by atoms with Gasteiger partial charge < -0.3 is 5.73 Å². The molecule has 0 unspecified atom stereocenters. The second-order valence-electron chi connectivity index (χ2n) is 4.97. The van der Waals surface area contributed by atoms with Crippen LogP contribution in [0.4, 0.5) is 5.69 Å². The van der Waals surface area contributed by atoms with Crippen LogP contribution in [0.3, 0.4) is 0 Å². The number of allylic oxidation sites excluding steroid dienone is 11. The molecule has 0 fully saturated rings. The summed E-state index contributed by atoms with van der Waals surface area (Å²) in [5.41, 5.74) is 7.08. The predicted octanol–water partition coefficient (Wildman–Crippen LogP) is 4.35. The fourth-order valence-electron chi connectivity index (χ4n) is 1.91. The third kappa shape index (κ3) is 11.5. The first-order valence-corrected chi connectivity index (χ1v) is 8.49. The van der Waals surface area contributed by atoms with E-state index >= 15 is 0 Å².